The first-order valence-corrected chi connectivity index (χ1v) is 9.35. The lowest BCUT2D eigenvalue weighted by Gasteiger charge is -2.06. The standard InChI is InChI=1S/C22H19BrO4/c1-2-25-18-6-8-19(9-7-18)26-15-21-11-10-20(27-21)12-13-22(24)16-4-3-5-17(23)14-16/h3-14H,2,15H2,1H3/b13-12+. The largest absolute Gasteiger partial charge is 0.494 e. The molecule has 0 spiro atoms. The second-order valence-corrected chi connectivity index (χ2v) is 6.62. The zero-order valence-corrected chi connectivity index (χ0v) is 16.4. The number of ketones is 1. The van der Waals surface area contributed by atoms with Crippen LogP contribution in [0.1, 0.15) is 28.8 Å². The van der Waals surface area contributed by atoms with E-state index in [4.69, 9.17) is 13.9 Å². The molecule has 0 unspecified atom stereocenters. The molecule has 0 N–H and O–H groups in total. The summed E-state index contributed by atoms with van der Waals surface area (Å²) in [6, 6.07) is 18.3. The van der Waals surface area contributed by atoms with Crippen molar-refractivity contribution in [2.24, 2.45) is 0 Å². The van der Waals surface area contributed by atoms with Gasteiger partial charge in [-0.3, -0.25) is 4.79 Å². The molecule has 1 heterocycles. The second-order valence-electron chi connectivity index (χ2n) is 5.71. The maximum absolute atomic E-state index is 12.2. The Morgan fingerprint density at radius 2 is 1.78 bits per heavy atom. The Bertz CT molecular complexity index is 925. The van der Waals surface area contributed by atoms with Gasteiger partial charge in [0.05, 0.1) is 6.61 Å². The highest BCUT2D eigenvalue weighted by Crippen LogP contribution is 2.20. The summed E-state index contributed by atoms with van der Waals surface area (Å²) in [7, 11) is 0. The lowest BCUT2D eigenvalue weighted by atomic mass is 10.1. The Morgan fingerprint density at radius 3 is 2.48 bits per heavy atom. The van der Waals surface area contributed by atoms with Crippen LogP contribution < -0.4 is 9.47 Å². The highest BCUT2D eigenvalue weighted by molar-refractivity contribution is 9.10. The first kappa shape index (κ1) is 19.0. The third-order valence-electron chi connectivity index (χ3n) is 3.71. The molecule has 2 aromatic carbocycles. The van der Waals surface area contributed by atoms with Gasteiger partial charge < -0.3 is 13.9 Å². The lowest BCUT2D eigenvalue weighted by Crippen LogP contribution is -1.95. The molecule has 27 heavy (non-hydrogen) atoms. The molecule has 0 fully saturated rings. The Kier molecular flexibility index (Phi) is 6.49. The van der Waals surface area contributed by atoms with Crippen molar-refractivity contribution < 1.29 is 18.7 Å². The van der Waals surface area contributed by atoms with Gasteiger partial charge in [0.1, 0.15) is 29.6 Å². The van der Waals surface area contributed by atoms with Gasteiger partial charge in [-0.2, -0.15) is 0 Å². The van der Waals surface area contributed by atoms with Crippen LogP contribution in [0, 0.1) is 0 Å². The molecule has 3 rings (SSSR count). The van der Waals surface area contributed by atoms with Crippen LogP contribution in [0.15, 0.2) is 75.6 Å². The number of carbonyl (C=O) groups is 1. The molecule has 4 nitrogen and oxygen atoms in total. The van der Waals surface area contributed by atoms with Crippen LogP contribution in [0.2, 0.25) is 0 Å². The van der Waals surface area contributed by atoms with Crippen molar-refractivity contribution in [3.05, 3.63) is 88.3 Å². The van der Waals surface area contributed by atoms with Crippen molar-refractivity contribution in [3.8, 4) is 11.5 Å². The Balaban J connectivity index is 1.55. The van der Waals surface area contributed by atoms with Crippen molar-refractivity contribution in [1.29, 1.82) is 0 Å². The minimum Gasteiger partial charge on any atom is -0.494 e. The quantitative estimate of drug-likeness (QED) is 0.331. The second kappa shape index (κ2) is 9.24. The van der Waals surface area contributed by atoms with Gasteiger partial charge in [-0.15, -0.1) is 0 Å². The van der Waals surface area contributed by atoms with Gasteiger partial charge in [-0.1, -0.05) is 28.1 Å². The Morgan fingerprint density at radius 1 is 1.04 bits per heavy atom. The maximum Gasteiger partial charge on any atom is 0.186 e. The van der Waals surface area contributed by atoms with E-state index in [-0.39, 0.29) is 5.78 Å². The summed E-state index contributed by atoms with van der Waals surface area (Å²) in [5.74, 6) is 2.74. The van der Waals surface area contributed by atoms with E-state index >= 15 is 0 Å². The third-order valence-corrected chi connectivity index (χ3v) is 4.20. The summed E-state index contributed by atoms with van der Waals surface area (Å²) in [4.78, 5) is 12.2. The van der Waals surface area contributed by atoms with Gasteiger partial charge in [0.2, 0.25) is 0 Å². The molecule has 0 aliphatic carbocycles. The van der Waals surface area contributed by atoms with Crippen molar-refractivity contribution in [1.82, 2.24) is 0 Å². The zero-order valence-electron chi connectivity index (χ0n) is 14.9. The lowest BCUT2D eigenvalue weighted by molar-refractivity contribution is 0.104. The smallest absolute Gasteiger partial charge is 0.186 e. The van der Waals surface area contributed by atoms with E-state index in [1.54, 1.807) is 18.2 Å². The van der Waals surface area contributed by atoms with E-state index in [1.807, 2.05) is 55.5 Å². The van der Waals surface area contributed by atoms with Gasteiger partial charge in [0.25, 0.3) is 0 Å². The fourth-order valence-electron chi connectivity index (χ4n) is 2.41. The fourth-order valence-corrected chi connectivity index (χ4v) is 2.81. The monoisotopic (exact) mass is 426 g/mol. The van der Waals surface area contributed by atoms with E-state index in [1.165, 1.54) is 6.08 Å². The summed E-state index contributed by atoms with van der Waals surface area (Å²) in [5.41, 5.74) is 0.617. The van der Waals surface area contributed by atoms with Crippen LogP contribution in [0.4, 0.5) is 0 Å². The molecule has 1 aromatic heterocycles. The Hall–Kier alpha value is -2.79. The van der Waals surface area contributed by atoms with Crippen molar-refractivity contribution >= 4 is 27.8 Å². The number of furan rings is 1. The van der Waals surface area contributed by atoms with Crippen LogP contribution in [-0.2, 0) is 6.61 Å². The molecular weight excluding hydrogens is 408 g/mol. The van der Waals surface area contributed by atoms with Crippen LogP contribution in [0.5, 0.6) is 11.5 Å². The average Bonchev–Trinajstić information content (AvgIpc) is 3.14. The van der Waals surface area contributed by atoms with Crippen molar-refractivity contribution in [2.45, 2.75) is 13.5 Å². The number of hydrogen-bond acceptors (Lipinski definition) is 4. The number of benzene rings is 2. The molecular formula is C22H19BrO4. The molecule has 0 saturated carbocycles. The van der Waals surface area contributed by atoms with E-state index in [0.29, 0.717) is 30.3 Å². The molecule has 0 aliphatic rings. The SMILES string of the molecule is CCOc1ccc(OCc2ccc(/C=C/C(=O)c3cccc(Br)c3)o2)cc1. The van der Waals surface area contributed by atoms with Crippen LogP contribution in [0.25, 0.3) is 6.08 Å². The third kappa shape index (κ3) is 5.59. The molecule has 138 valence electrons. The predicted octanol–water partition coefficient (Wildman–Crippen LogP) is 5.92. The van der Waals surface area contributed by atoms with Gasteiger partial charge in [0, 0.05) is 10.0 Å². The number of allylic oxidation sites excluding steroid dienone is 1. The van der Waals surface area contributed by atoms with Gasteiger partial charge >= 0.3 is 0 Å². The van der Waals surface area contributed by atoms with E-state index < -0.39 is 0 Å². The van der Waals surface area contributed by atoms with Crippen LogP contribution in [0.3, 0.4) is 0 Å². The molecule has 0 saturated heterocycles. The first-order valence-electron chi connectivity index (χ1n) is 8.56. The Labute approximate surface area is 166 Å². The van der Waals surface area contributed by atoms with Crippen molar-refractivity contribution in [2.75, 3.05) is 6.61 Å². The number of hydrogen-bond donors (Lipinski definition) is 0. The summed E-state index contributed by atoms with van der Waals surface area (Å²) in [5, 5.41) is 0. The minimum absolute atomic E-state index is 0.0834. The van der Waals surface area contributed by atoms with E-state index in [9.17, 15) is 4.79 Å². The maximum atomic E-state index is 12.2. The number of carbonyl (C=O) groups excluding carboxylic acids is 1. The van der Waals surface area contributed by atoms with Crippen molar-refractivity contribution in [3.63, 3.8) is 0 Å². The minimum atomic E-state index is -0.0834. The first-order chi connectivity index (χ1) is 13.1. The molecule has 0 atom stereocenters. The molecule has 0 radical (unpaired) electrons. The summed E-state index contributed by atoms with van der Waals surface area (Å²) in [6.45, 7) is 2.88. The molecule has 0 amide bonds. The summed E-state index contributed by atoms with van der Waals surface area (Å²) in [6.07, 6.45) is 3.15. The van der Waals surface area contributed by atoms with Gasteiger partial charge in [0.15, 0.2) is 5.78 Å². The molecule has 0 aliphatic heterocycles. The summed E-state index contributed by atoms with van der Waals surface area (Å²) < 4.78 is 17.6. The number of ether oxygens (including phenoxy) is 2. The highest BCUT2D eigenvalue weighted by atomic mass is 79.9. The number of halogens is 1. The van der Waals surface area contributed by atoms with Gasteiger partial charge in [-0.05, 0) is 67.6 Å². The highest BCUT2D eigenvalue weighted by Gasteiger charge is 2.05. The molecule has 3 aromatic rings. The van der Waals surface area contributed by atoms with E-state index in [0.717, 1.165) is 16.0 Å². The normalized spacial score (nSPS) is 10.9. The van der Waals surface area contributed by atoms with Crippen LogP contribution >= 0.6 is 15.9 Å². The number of rotatable bonds is 8. The van der Waals surface area contributed by atoms with Gasteiger partial charge in [-0.25, -0.2) is 0 Å². The molecule has 5 heteroatoms. The predicted molar refractivity (Wildman–Crippen MR) is 108 cm³/mol. The summed E-state index contributed by atoms with van der Waals surface area (Å²) >= 11 is 3.36. The molecule has 0 bridgehead atoms. The van der Waals surface area contributed by atoms with E-state index in [2.05, 4.69) is 15.9 Å². The fraction of sp³-hybridized carbons (Fsp3) is 0.136. The van der Waals surface area contributed by atoms with Crippen LogP contribution in [-0.4, -0.2) is 12.4 Å². The average molecular weight is 427 g/mol. The topological polar surface area (TPSA) is 48.7 Å². The zero-order chi connectivity index (χ0) is 19.1.